The number of rotatable bonds is 6. The fourth-order valence-corrected chi connectivity index (χ4v) is 2.58. The van der Waals surface area contributed by atoms with Gasteiger partial charge in [-0.1, -0.05) is 11.6 Å². The van der Waals surface area contributed by atoms with E-state index in [0.717, 1.165) is 32.1 Å². The lowest BCUT2D eigenvalue weighted by Crippen LogP contribution is -2.40. The first-order valence-corrected chi connectivity index (χ1v) is 7.19. The first kappa shape index (κ1) is 15.7. The lowest BCUT2D eigenvalue weighted by molar-refractivity contribution is 0.0935. The molecule has 0 radical (unpaired) electrons. The van der Waals surface area contributed by atoms with E-state index in [0.29, 0.717) is 0 Å². The summed E-state index contributed by atoms with van der Waals surface area (Å²) in [5.74, 6) is 0.825. The van der Waals surface area contributed by atoms with Gasteiger partial charge in [0.1, 0.15) is 0 Å². The monoisotopic (exact) mass is 254 g/mol. The summed E-state index contributed by atoms with van der Waals surface area (Å²) in [7, 11) is 2.21. The van der Waals surface area contributed by atoms with Crippen LogP contribution in [-0.4, -0.2) is 60.8 Å². The molecular formula is C15H30N2O. The number of nitrogens with zero attached hydrogens (tertiary/aromatic N) is 2. The molecule has 1 heterocycles. The fourth-order valence-electron chi connectivity index (χ4n) is 2.58. The number of piperidine rings is 1. The molecule has 3 nitrogen and oxygen atoms in total. The molecule has 0 amide bonds. The molecule has 1 N–H and O–H groups in total. The molecule has 1 fully saturated rings. The minimum Gasteiger partial charge on any atom is -0.392 e. The Labute approximate surface area is 112 Å². The summed E-state index contributed by atoms with van der Waals surface area (Å²) >= 11 is 0. The van der Waals surface area contributed by atoms with Crippen molar-refractivity contribution in [2.24, 2.45) is 5.92 Å². The normalized spacial score (nSPS) is 20.1. The highest BCUT2D eigenvalue weighted by molar-refractivity contribution is 4.94. The van der Waals surface area contributed by atoms with Gasteiger partial charge in [0, 0.05) is 19.6 Å². The van der Waals surface area contributed by atoms with Crippen molar-refractivity contribution in [3.05, 3.63) is 11.6 Å². The molecule has 0 aromatic rings. The molecule has 0 aliphatic carbocycles. The van der Waals surface area contributed by atoms with Gasteiger partial charge in [0.25, 0.3) is 0 Å². The molecule has 1 aliphatic heterocycles. The SMILES string of the molecule is CC(C)=CCN(C)CC1CCN(C[C@@H](C)O)CC1. The van der Waals surface area contributed by atoms with Crippen LogP contribution in [0, 0.1) is 5.92 Å². The van der Waals surface area contributed by atoms with Gasteiger partial charge in [0.05, 0.1) is 6.10 Å². The predicted molar refractivity (Wildman–Crippen MR) is 77.8 cm³/mol. The van der Waals surface area contributed by atoms with Gasteiger partial charge in [0.2, 0.25) is 0 Å². The van der Waals surface area contributed by atoms with E-state index in [9.17, 15) is 5.11 Å². The summed E-state index contributed by atoms with van der Waals surface area (Å²) in [4.78, 5) is 4.80. The maximum Gasteiger partial charge on any atom is 0.0639 e. The Kier molecular flexibility index (Phi) is 6.90. The first-order chi connectivity index (χ1) is 8.47. The molecule has 1 atom stereocenters. The van der Waals surface area contributed by atoms with Crippen LogP contribution >= 0.6 is 0 Å². The van der Waals surface area contributed by atoms with E-state index >= 15 is 0 Å². The number of hydrogen-bond acceptors (Lipinski definition) is 3. The van der Waals surface area contributed by atoms with Crippen LogP contribution in [0.4, 0.5) is 0 Å². The third-order valence-electron chi connectivity index (χ3n) is 3.61. The highest BCUT2D eigenvalue weighted by atomic mass is 16.3. The topological polar surface area (TPSA) is 26.7 Å². The van der Waals surface area contributed by atoms with Crippen LogP contribution in [-0.2, 0) is 0 Å². The summed E-state index contributed by atoms with van der Waals surface area (Å²) in [6.45, 7) is 11.6. The van der Waals surface area contributed by atoms with Crippen molar-refractivity contribution in [3.63, 3.8) is 0 Å². The van der Waals surface area contributed by atoms with Crippen molar-refractivity contribution in [1.29, 1.82) is 0 Å². The first-order valence-electron chi connectivity index (χ1n) is 7.19. The molecule has 0 aromatic carbocycles. The quantitative estimate of drug-likeness (QED) is 0.734. The number of hydrogen-bond donors (Lipinski definition) is 1. The molecule has 1 aliphatic rings. The lowest BCUT2D eigenvalue weighted by Gasteiger charge is -2.34. The molecule has 0 spiro atoms. The summed E-state index contributed by atoms with van der Waals surface area (Å²) in [6, 6.07) is 0. The van der Waals surface area contributed by atoms with Gasteiger partial charge in [-0.15, -0.1) is 0 Å². The largest absolute Gasteiger partial charge is 0.392 e. The molecule has 0 saturated carbocycles. The summed E-state index contributed by atoms with van der Waals surface area (Å²) < 4.78 is 0. The Balaban J connectivity index is 2.20. The van der Waals surface area contributed by atoms with Gasteiger partial charge in [-0.25, -0.2) is 0 Å². The molecule has 1 rings (SSSR count). The highest BCUT2D eigenvalue weighted by Gasteiger charge is 2.20. The average Bonchev–Trinajstić information content (AvgIpc) is 2.28. The zero-order valence-electron chi connectivity index (χ0n) is 12.5. The molecule has 0 bridgehead atoms. The van der Waals surface area contributed by atoms with Crippen molar-refractivity contribution in [1.82, 2.24) is 9.80 Å². The van der Waals surface area contributed by atoms with Gasteiger partial charge < -0.3 is 14.9 Å². The molecule has 1 saturated heterocycles. The van der Waals surface area contributed by atoms with E-state index in [1.807, 2.05) is 6.92 Å². The van der Waals surface area contributed by atoms with Crippen molar-refractivity contribution in [2.45, 2.75) is 39.7 Å². The molecular weight excluding hydrogens is 224 g/mol. The predicted octanol–water partition coefficient (Wildman–Crippen LogP) is 1.98. The maximum absolute atomic E-state index is 9.38. The Morgan fingerprint density at radius 3 is 2.50 bits per heavy atom. The standard InChI is InChI=1S/C15H30N2O/c1-13(2)5-8-16(4)12-15-6-9-17(10-7-15)11-14(3)18/h5,14-15,18H,6-12H2,1-4H3/t14-/m1/s1. The molecule has 3 heteroatoms. The third-order valence-corrected chi connectivity index (χ3v) is 3.61. The van der Waals surface area contributed by atoms with Gasteiger partial charge in [-0.05, 0) is 59.7 Å². The number of aliphatic hydroxyl groups is 1. The van der Waals surface area contributed by atoms with Crippen molar-refractivity contribution in [3.8, 4) is 0 Å². The van der Waals surface area contributed by atoms with E-state index in [2.05, 4.69) is 36.8 Å². The lowest BCUT2D eigenvalue weighted by atomic mass is 9.96. The van der Waals surface area contributed by atoms with Crippen LogP contribution in [0.2, 0.25) is 0 Å². The van der Waals surface area contributed by atoms with Crippen molar-refractivity contribution >= 4 is 0 Å². The summed E-state index contributed by atoms with van der Waals surface area (Å²) in [6.07, 6.45) is 4.64. The Bertz CT molecular complexity index is 251. The van der Waals surface area contributed by atoms with Gasteiger partial charge in [-0.2, -0.15) is 0 Å². The summed E-state index contributed by atoms with van der Waals surface area (Å²) in [5.41, 5.74) is 1.40. The van der Waals surface area contributed by atoms with E-state index in [-0.39, 0.29) is 6.10 Å². The van der Waals surface area contributed by atoms with Crippen LogP contribution in [0.15, 0.2) is 11.6 Å². The zero-order chi connectivity index (χ0) is 13.5. The Morgan fingerprint density at radius 2 is 2.00 bits per heavy atom. The minimum absolute atomic E-state index is 0.193. The fraction of sp³-hybridized carbons (Fsp3) is 0.867. The van der Waals surface area contributed by atoms with E-state index in [1.54, 1.807) is 0 Å². The van der Waals surface area contributed by atoms with Crippen LogP contribution < -0.4 is 0 Å². The Hall–Kier alpha value is -0.380. The highest BCUT2D eigenvalue weighted by Crippen LogP contribution is 2.18. The zero-order valence-corrected chi connectivity index (χ0v) is 12.5. The number of aliphatic hydroxyl groups excluding tert-OH is 1. The second kappa shape index (κ2) is 7.93. The number of β-amino-alcohol motifs (C(OH)–C–C–N with tert-alkyl or cyclic N) is 1. The van der Waals surface area contributed by atoms with E-state index in [4.69, 9.17) is 0 Å². The Morgan fingerprint density at radius 1 is 1.39 bits per heavy atom. The van der Waals surface area contributed by atoms with Gasteiger partial charge in [0.15, 0.2) is 0 Å². The molecule has 0 aromatic heterocycles. The van der Waals surface area contributed by atoms with E-state index in [1.165, 1.54) is 25.0 Å². The molecule has 18 heavy (non-hydrogen) atoms. The maximum atomic E-state index is 9.38. The van der Waals surface area contributed by atoms with Crippen LogP contribution in [0.5, 0.6) is 0 Å². The van der Waals surface area contributed by atoms with E-state index < -0.39 is 0 Å². The van der Waals surface area contributed by atoms with Crippen molar-refractivity contribution < 1.29 is 5.11 Å². The van der Waals surface area contributed by atoms with Crippen LogP contribution in [0.25, 0.3) is 0 Å². The second-order valence-electron chi connectivity index (χ2n) is 6.10. The third kappa shape index (κ3) is 6.53. The average molecular weight is 254 g/mol. The number of likely N-dealkylation sites (N-methyl/N-ethyl adjacent to an activating group) is 1. The second-order valence-corrected chi connectivity index (χ2v) is 6.10. The van der Waals surface area contributed by atoms with Crippen molar-refractivity contribution in [2.75, 3.05) is 39.8 Å². The summed E-state index contributed by atoms with van der Waals surface area (Å²) in [5, 5.41) is 9.38. The van der Waals surface area contributed by atoms with Crippen LogP contribution in [0.1, 0.15) is 33.6 Å². The number of allylic oxidation sites excluding steroid dienone is 1. The minimum atomic E-state index is -0.193. The van der Waals surface area contributed by atoms with Gasteiger partial charge >= 0.3 is 0 Å². The smallest absolute Gasteiger partial charge is 0.0639 e. The molecule has 106 valence electrons. The van der Waals surface area contributed by atoms with Crippen LogP contribution in [0.3, 0.4) is 0 Å². The molecule has 0 unspecified atom stereocenters. The number of likely N-dealkylation sites (tertiary alicyclic amines) is 1. The van der Waals surface area contributed by atoms with Gasteiger partial charge in [-0.3, -0.25) is 0 Å².